The highest BCUT2D eigenvalue weighted by molar-refractivity contribution is 5.96. The number of nitrogens with two attached hydrogens (primary N) is 2. The Morgan fingerprint density at radius 2 is 1.60 bits per heavy atom. The van der Waals surface area contributed by atoms with Crippen molar-refractivity contribution < 1.29 is 28.7 Å². The maximum absolute atomic E-state index is 14.7. The van der Waals surface area contributed by atoms with Gasteiger partial charge in [0, 0.05) is 25.8 Å². The number of carbonyl (C=O) groups is 5. The smallest absolute Gasteiger partial charge is 0.328 e. The Kier molecular flexibility index (Phi) is 14.9. The van der Waals surface area contributed by atoms with Gasteiger partial charge in [0.05, 0.1) is 0 Å². The van der Waals surface area contributed by atoms with E-state index in [-0.39, 0.29) is 41.9 Å². The van der Waals surface area contributed by atoms with E-state index in [2.05, 4.69) is 12.2 Å². The van der Waals surface area contributed by atoms with Crippen LogP contribution in [0.25, 0.3) is 0 Å². The van der Waals surface area contributed by atoms with Gasteiger partial charge in [-0.05, 0) is 74.5 Å². The fourth-order valence-corrected chi connectivity index (χ4v) is 7.08. The zero-order valence-electron chi connectivity index (χ0n) is 29.8. The van der Waals surface area contributed by atoms with E-state index < -0.39 is 29.8 Å². The molecule has 11 heteroatoms. The number of ether oxygens (including phenoxy) is 1. The molecule has 0 radical (unpaired) electrons. The van der Waals surface area contributed by atoms with Gasteiger partial charge in [-0.15, -0.1) is 0 Å². The lowest BCUT2D eigenvalue weighted by Crippen LogP contribution is -2.62. The zero-order valence-corrected chi connectivity index (χ0v) is 29.8. The van der Waals surface area contributed by atoms with Crippen LogP contribution in [-0.2, 0) is 30.4 Å². The molecule has 5 N–H and O–H groups in total. The molecule has 268 valence electrons. The third kappa shape index (κ3) is 9.57. The van der Waals surface area contributed by atoms with Crippen LogP contribution in [-0.4, -0.2) is 69.7 Å². The molecule has 11 nitrogen and oxygen atoms in total. The molecule has 4 amide bonds. The van der Waals surface area contributed by atoms with Gasteiger partial charge < -0.3 is 31.3 Å². The van der Waals surface area contributed by atoms with Gasteiger partial charge in [-0.25, -0.2) is 4.79 Å². The summed E-state index contributed by atoms with van der Waals surface area (Å²) in [6.07, 6.45) is 9.40. The first kappa shape index (κ1) is 39.0. The molecule has 4 atom stereocenters. The molecule has 3 rings (SSSR count). The second kappa shape index (κ2) is 18.3. The van der Waals surface area contributed by atoms with Crippen LogP contribution in [0.4, 0.5) is 0 Å². The summed E-state index contributed by atoms with van der Waals surface area (Å²) < 4.78 is 5.48. The van der Waals surface area contributed by atoms with Gasteiger partial charge in [0.2, 0.25) is 23.6 Å². The lowest BCUT2D eigenvalue weighted by atomic mass is 9.92. The highest BCUT2D eigenvalue weighted by Gasteiger charge is 2.62. The molecule has 2 fully saturated rings. The van der Waals surface area contributed by atoms with Crippen molar-refractivity contribution >= 4 is 29.6 Å². The minimum Gasteiger partial charge on any atom is -0.425 e. The third-order valence-corrected chi connectivity index (χ3v) is 10.1. The summed E-state index contributed by atoms with van der Waals surface area (Å²) in [5.74, 6) is -1.12. The fourth-order valence-electron chi connectivity index (χ4n) is 7.08. The number of rotatable bonds is 19. The van der Waals surface area contributed by atoms with Gasteiger partial charge >= 0.3 is 5.97 Å². The Labute approximate surface area is 286 Å². The standard InChI is InChI=1S/C37H59N5O6/c1-6-8-10-16-31(44)41-29(24-27-17-19-28(20-18-27)48-36(47)32(39)25(3)4)35(46)42(37(41)21-12-13-22-37)33(26(5)7-2)34(45)40-23-14-9-11-15-30(38)43/h17-20,25-26,29,32-33H,6-16,21-24,39H2,1-5H3,(H2,38,43)(H,40,45). The van der Waals surface area contributed by atoms with Gasteiger partial charge in [-0.1, -0.05) is 72.4 Å². The summed E-state index contributed by atoms with van der Waals surface area (Å²) in [5, 5.41) is 3.07. The fraction of sp³-hybridized carbons (Fsp3) is 0.703. The summed E-state index contributed by atoms with van der Waals surface area (Å²) in [7, 11) is 0. The van der Waals surface area contributed by atoms with Crippen LogP contribution < -0.4 is 21.5 Å². The molecule has 1 aliphatic carbocycles. The molecule has 0 aromatic heterocycles. The molecule has 1 saturated heterocycles. The van der Waals surface area contributed by atoms with Crippen molar-refractivity contribution in [3.63, 3.8) is 0 Å². The SMILES string of the molecule is CCCCCC(=O)N1C(Cc2ccc(OC(=O)C(N)C(C)C)cc2)C(=O)N(C(C(=O)NCCCCCC(N)=O)C(C)CC)C12CCCC2. The second-order valence-electron chi connectivity index (χ2n) is 14.1. The molecular weight excluding hydrogens is 610 g/mol. The Balaban J connectivity index is 1.93. The van der Waals surface area contributed by atoms with E-state index in [1.54, 1.807) is 17.0 Å². The number of nitrogens with one attached hydrogen (secondary N) is 1. The first-order chi connectivity index (χ1) is 22.9. The van der Waals surface area contributed by atoms with Gasteiger partial charge in [-0.2, -0.15) is 0 Å². The summed E-state index contributed by atoms with van der Waals surface area (Å²) in [6, 6.07) is 4.79. The molecule has 4 unspecified atom stereocenters. The first-order valence-corrected chi connectivity index (χ1v) is 18.1. The molecule has 1 aliphatic heterocycles. The minimum atomic E-state index is -0.861. The molecule has 0 bridgehead atoms. The van der Waals surface area contributed by atoms with Crippen molar-refractivity contribution in [2.45, 2.75) is 148 Å². The zero-order chi connectivity index (χ0) is 35.4. The third-order valence-electron chi connectivity index (χ3n) is 10.1. The number of benzene rings is 1. The maximum Gasteiger partial charge on any atom is 0.328 e. The van der Waals surface area contributed by atoms with Crippen LogP contribution in [0.3, 0.4) is 0 Å². The summed E-state index contributed by atoms with van der Waals surface area (Å²) in [5.41, 5.74) is 11.2. The molecule has 1 spiro atoms. The van der Waals surface area contributed by atoms with Crippen LogP contribution in [0.15, 0.2) is 24.3 Å². The number of hydrogen-bond donors (Lipinski definition) is 3. The van der Waals surface area contributed by atoms with Gasteiger partial charge in [-0.3, -0.25) is 19.2 Å². The van der Waals surface area contributed by atoms with Gasteiger partial charge in [0.15, 0.2) is 0 Å². The first-order valence-electron chi connectivity index (χ1n) is 18.1. The number of amides is 4. The van der Waals surface area contributed by atoms with Crippen molar-refractivity contribution in [3.8, 4) is 5.75 Å². The normalized spacial score (nSPS) is 19.1. The Hall–Kier alpha value is -3.47. The number of hydrogen-bond acceptors (Lipinski definition) is 7. The quantitative estimate of drug-likeness (QED) is 0.110. The van der Waals surface area contributed by atoms with Crippen LogP contribution in [0.1, 0.15) is 124 Å². The highest BCUT2D eigenvalue weighted by atomic mass is 16.5. The molecule has 1 saturated carbocycles. The van der Waals surface area contributed by atoms with E-state index in [1.807, 2.05) is 44.7 Å². The number of nitrogens with zero attached hydrogens (tertiary/aromatic N) is 2. The average Bonchev–Trinajstić information content (AvgIpc) is 3.62. The number of esters is 1. The van der Waals surface area contributed by atoms with Gasteiger partial charge in [0.25, 0.3) is 0 Å². The molecule has 1 aromatic rings. The number of carbonyl (C=O) groups excluding carboxylic acids is 5. The maximum atomic E-state index is 14.7. The van der Waals surface area contributed by atoms with Crippen LogP contribution in [0.2, 0.25) is 0 Å². The monoisotopic (exact) mass is 669 g/mol. The lowest BCUT2D eigenvalue weighted by molar-refractivity contribution is -0.151. The summed E-state index contributed by atoms with van der Waals surface area (Å²) in [4.78, 5) is 70.0. The van der Waals surface area contributed by atoms with E-state index in [4.69, 9.17) is 16.2 Å². The average molecular weight is 670 g/mol. The van der Waals surface area contributed by atoms with Crippen LogP contribution in [0.5, 0.6) is 5.75 Å². The molecule has 2 aliphatic rings. The van der Waals surface area contributed by atoms with E-state index in [9.17, 15) is 24.0 Å². The van der Waals surface area contributed by atoms with Crippen molar-refractivity contribution in [1.82, 2.24) is 15.1 Å². The predicted molar refractivity (Wildman–Crippen MR) is 185 cm³/mol. The van der Waals surface area contributed by atoms with Crippen molar-refractivity contribution in [2.75, 3.05) is 6.54 Å². The van der Waals surface area contributed by atoms with Gasteiger partial charge in [0.1, 0.15) is 29.5 Å². The van der Waals surface area contributed by atoms with E-state index in [0.29, 0.717) is 57.2 Å². The Bertz CT molecular complexity index is 1250. The molecule has 48 heavy (non-hydrogen) atoms. The topological polar surface area (TPSA) is 165 Å². The Morgan fingerprint density at radius 3 is 2.19 bits per heavy atom. The van der Waals surface area contributed by atoms with Crippen LogP contribution in [0, 0.1) is 11.8 Å². The number of unbranched alkanes of at least 4 members (excludes halogenated alkanes) is 4. The molecule has 1 heterocycles. The lowest BCUT2D eigenvalue weighted by Gasteiger charge is -2.46. The minimum absolute atomic E-state index is 0.0443. The van der Waals surface area contributed by atoms with Crippen molar-refractivity contribution in [3.05, 3.63) is 29.8 Å². The van der Waals surface area contributed by atoms with E-state index in [0.717, 1.165) is 44.1 Å². The van der Waals surface area contributed by atoms with E-state index in [1.165, 1.54) is 0 Å². The molecule has 1 aromatic carbocycles. The van der Waals surface area contributed by atoms with Crippen LogP contribution >= 0.6 is 0 Å². The van der Waals surface area contributed by atoms with Crippen molar-refractivity contribution in [1.29, 1.82) is 0 Å². The summed E-state index contributed by atoms with van der Waals surface area (Å²) in [6.45, 7) is 10.3. The second-order valence-corrected chi connectivity index (χ2v) is 14.1. The molecular formula is C37H59N5O6. The van der Waals surface area contributed by atoms with Crippen molar-refractivity contribution in [2.24, 2.45) is 23.3 Å². The Morgan fingerprint density at radius 1 is 0.958 bits per heavy atom. The highest BCUT2D eigenvalue weighted by Crippen LogP contribution is 2.48. The van der Waals surface area contributed by atoms with E-state index >= 15 is 0 Å². The summed E-state index contributed by atoms with van der Waals surface area (Å²) >= 11 is 0. The largest absolute Gasteiger partial charge is 0.425 e. The predicted octanol–water partition coefficient (Wildman–Crippen LogP) is 4.58. The number of primary amides is 1.